The number of carboxylic acids is 1. The summed E-state index contributed by atoms with van der Waals surface area (Å²) in [7, 11) is 0. The summed E-state index contributed by atoms with van der Waals surface area (Å²) in [5.74, 6) is -0.892. The molecule has 1 aromatic rings. The van der Waals surface area contributed by atoms with Gasteiger partial charge >= 0.3 is 12.1 Å². The molecule has 2 N–H and O–H groups in total. The van der Waals surface area contributed by atoms with Crippen LogP contribution in [0.2, 0.25) is 0 Å². The fourth-order valence-corrected chi connectivity index (χ4v) is 1.41. The van der Waals surface area contributed by atoms with Crippen LogP contribution >= 0.6 is 0 Å². The molecule has 0 bridgehead atoms. The van der Waals surface area contributed by atoms with Crippen molar-refractivity contribution >= 4 is 11.7 Å². The van der Waals surface area contributed by atoms with Gasteiger partial charge in [0.1, 0.15) is 12.4 Å². The summed E-state index contributed by atoms with van der Waals surface area (Å²) < 4.78 is 40.0. The number of alkyl halides is 3. The topological polar surface area (TPSA) is 84.3 Å². The van der Waals surface area contributed by atoms with Gasteiger partial charge in [0.15, 0.2) is 5.69 Å². The number of anilines is 1. The molecule has 0 amide bonds. The number of halogens is 3. The second-order valence-electron chi connectivity index (χ2n) is 4.54. The monoisotopic (exact) mass is 307 g/mol. The third kappa shape index (κ3) is 5.94. The number of hydrogen-bond donors (Lipinski definition) is 2. The van der Waals surface area contributed by atoms with Crippen LogP contribution in [0.5, 0.6) is 0 Å². The van der Waals surface area contributed by atoms with Crippen LogP contribution in [0.3, 0.4) is 0 Å². The van der Waals surface area contributed by atoms with Crippen molar-refractivity contribution < 1.29 is 27.8 Å². The van der Waals surface area contributed by atoms with Crippen LogP contribution in [0.15, 0.2) is 6.20 Å². The summed E-state index contributed by atoms with van der Waals surface area (Å²) in [6.07, 6.45) is -3.08. The molecular weight excluding hydrogens is 291 g/mol. The average molecular weight is 307 g/mol. The maximum Gasteiger partial charge on any atom is 0.411 e. The van der Waals surface area contributed by atoms with Gasteiger partial charge in [-0.05, 0) is 0 Å². The number of nitrogens with one attached hydrogen (secondary N) is 1. The Balaban J connectivity index is 2.60. The number of ether oxygens (including phenoxy) is 1. The molecule has 0 aliphatic rings. The predicted molar refractivity (Wildman–Crippen MR) is 68.4 cm³/mol. The lowest BCUT2D eigenvalue weighted by molar-refractivity contribution is -0.172. The molecule has 0 aromatic carbocycles. The van der Waals surface area contributed by atoms with Gasteiger partial charge < -0.3 is 15.2 Å². The normalized spacial score (nSPS) is 11.7. The van der Waals surface area contributed by atoms with E-state index >= 15 is 0 Å². The van der Waals surface area contributed by atoms with Crippen molar-refractivity contribution in [3.8, 4) is 0 Å². The van der Waals surface area contributed by atoms with Gasteiger partial charge in [0.25, 0.3) is 0 Å². The van der Waals surface area contributed by atoms with E-state index < -0.39 is 18.8 Å². The number of aromatic nitrogens is 2. The fourth-order valence-electron chi connectivity index (χ4n) is 1.41. The quantitative estimate of drug-likeness (QED) is 0.752. The Morgan fingerprint density at radius 3 is 2.67 bits per heavy atom. The van der Waals surface area contributed by atoms with Crippen LogP contribution in [0.4, 0.5) is 18.9 Å². The molecule has 1 heterocycles. The lowest BCUT2D eigenvalue weighted by Gasteiger charge is -2.12. The van der Waals surface area contributed by atoms with Crippen LogP contribution in [0.1, 0.15) is 36.1 Å². The van der Waals surface area contributed by atoms with E-state index in [2.05, 4.69) is 20.0 Å². The number of carbonyl (C=O) groups is 1. The number of aromatic carboxylic acids is 1. The molecule has 0 aliphatic heterocycles. The van der Waals surface area contributed by atoms with Crippen LogP contribution < -0.4 is 5.32 Å². The maximum atomic E-state index is 11.9. The lowest BCUT2D eigenvalue weighted by Crippen LogP contribution is -2.21. The van der Waals surface area contributed by atoms with Crippen molar-refractivity contribution in [1.82, 2.24) is 9.97 Å². The van der Waals surface area contributed by atoms with Gasteiger partial charge in [0, 0.05) is 12.5 Å². The van der Waals surface area contributed by atoms with Crippen LogP contribution in [0.25, 0.3) is 0 Å². The summed E-state index contributed by atoms with van der Waals surface area (Å²) >= 11 is 0. The second-order valence-corrected chi connectivity index (χ2v) is 4.54. The molecule has 0 fully saturated rings. The van der Waals surface area contributed by atoms with Crippen LogP contribution in [-0.2, 0) is 4.74 Å². The number of rotatable bonds is 7. The minimum Gasteiger partial charge on any atom is -0.476 e. The molecule has 6 nitrogen and oxygen atoms in total. The van der Waals surface area contributed by atoms with Crippen molar-refractivity contribution in [3.63, 3.8) is 0 Å². The molecule has 0 spiro atoms. The smallest absolute Gasteiger partial charge is 0.411 e. The van der Waals surface area contributed by atoms with Gasteiger partial charge in [-0.2, -0.15) is 13.2 Å². The maximum absolute atomic E-state index is 11.9. The van der Waals surface area contributed by atoms with Gasteiger partial charge in [-0.3, -0.25) is 0 Å². The Hall–Kier alpha value is -1.90. The van der Waals surface area contributed by atoms with Crippen LogP contribution in [-0.4, -0.2) is 47.0 Å². The van der Waals surface area contributed by atoms with Crippen molar-refractivity contribution in [2.75, 3.05) is 25.1 Å². The van der Waals surface area contributed by atoms with Crippen molar-refractivity contribution in [2.24, 2.45) is 0 Å². The van der Waals surface area contributed by atoms with Crippen LogP contribution in [0, 0.1) is 0 Å². The highest BCUT2D eigenvalue weighted by atomic mass is 19.4. The average Bonchev–Trinajstić information content (AvgIpc) is 2.36. The SMILES string of the molecule is CC(C)c1ncc(NCCOCC(F)(F)F)c(C(=O)O)n1. The summed E-state index contributed by atoms with van der Waals surface area (Å²) in [6, 6.07) is 0. The van der Waals surface area contributed by atoms with E-state index in [9.17, 15) is 18.0 Å². The van der Waals surface area contributed by atoms with Crippen molar-refractivity contribution in [3.05, 3.63) is 17.7 Å². The number of nitrogens with zero attached hydrogens (tertiary/aromatic N) is 2. The molecule has 0 unspecified atom stereocenters. The largest absolute Gasteiger partial charge is 0.476 e. The highest BCUT2D eigenvalue weighted by molar-refractivity contribution is 5.91. The Labute approximate surface area is 119 Å². The molecule has 21 heavy (non-hydrogen) atoms. The zero-order valence-electron chi connectivity index (χ0n) is 11.6. The minimum absolute atomic E-state index is 0.0146. The Kier molecular flexibility index (Phi) is 5.89. The van der Waals surface area contributed by atoms with Gasteiger partial charge in [-0.15, -0.1) is 0 Å². The summed E-state index contributed by atoms with van der Waals surface area (Å²) in [5.41, 5.74) is -0.0768. The first kappa shape index (κ1) is 17.2. The Morgan fingerprint density at radius 2 is 2.14 bits per heavy atom. The van der Waals surface area contributed by atoms with Crippen molar-refractivity contribution in [2.45, 2.75) is 25.9 Å². The highest BCUT2D eigenvalue weighted by Crippen LogP contribution is 2.17. The van der Waals surface area contributed by atoms with E-state index in [1.54, 1.807) is 0 Å². The summed E-state index contributed by atoms with van der Waals surface area (Å²) in [4.78, 5) is 19.0. The minimum atomic E-state index is -4.38. The number of hydrogen-bond acceptors (Lipinski definition) is 5. The lowest BCUT2D eigenvalue weighted by atomic mass is 10.2. The zero-order valence-corrected chi connectivity index (χ0v) is 11.6. The molecule has 1 rings (SSSR count). The molecular formula is C12H16F3N3O3. The Morgan fingerprint density at radius 1 is 1.48 bits per heavy atom. The van der Waals surface area contributed by atoms with E-state index in [1.165, 1.54) is 6.20 Å². The molecule has 9 heteroatoms. The molecule has 0 saturated carbocycles. The van der Waals surface area contributed by atoms with E-state index in [0.29, 0.717) is 5.82 Å². The number of carboxylic acid groups (broad SMARTS) is 1. The zero-order chi connectivity index (χ0) is 16.0. The van der Waals surface area contributed by atoms with Gasteiger partial charge in [-0.1, -0.05) is 13.8 Å². The molecule has 1 aromatic heterocycles. The summed E-state index contributed by atoms with van der Waals surface area (Å²) in [6.45, 7) is 2.09. The predicted octanol–water partition coefficient (Wildman–Crippen LogP) is 2.29. The van der Waals surface area contributed by atoms with Gasteiger partial charge in [-0.25, -0.2) is 14.8 Å². The molecule has 0 aliphatic carbocycles. The van der Waals surface area contributed by atoms with E-state index in [4.69, 9.17) is 5.11 Å². The van der Waals surface area contributed by atoms with E-state index in [1.807, 2.05) is 13.8 Å². The van der Waals surface area contributed by atoms with Gasteiger partial charge in [0.05, 0.1) is 18.5 Å². The van der Waals surface area contributed by atoms with Crippen molar-refractivity contribution in [1.29, 1.82) is 0 Å². The molecule has 0 radical (unpaired) electrons. The van der Waals surface area contributed by atoms with Gasteiger partial charge in [0.2, 0.25) is 0 Å². The summed E-state index contributed by atoms with van der Waals surface area (Å²) in [5, 5.41) is 11.7. The third-order valence-electron chi connectivity index (χ3n) is 2.35. The second kappa shape index (κ2) is 7.21. The molecule has 0 atom stereocenters. The standard InChI is InChI=1S/C12H16F3N3O3/c1-7(2)10-17-5-8(9(18-10)11(19)20)16-3-4-21-6-12(13,14)15/h5,7,16H,3-4,6H2,1-2H3,(H,19,20). The fraction of sp³-hybridized carbons (Fsp3) is 0.583. The molecule has 0 saturated heterocycles. The first-order chi connectivity index (χ1) is 9.70. The third-order valence-corrected chi connectivity index (χ3v) is 2.35. The molecule has 118 valence electrons. The first-order valence-corrected chi connectivity index (χ1v) is 6.19. The highest BCUT2D eigenvalue weighted by Gasteiger charge is 2.27. The van der Waals surface area contributed by atoms with E-state index in [0.717, 1.165) is 0 Å². The first-order valence-electron chi connectivity index (χ1n) is 6.19. The Bertz CT molecular complexity index is 492. The van der Waals surface area contributed by atoms with E-state index in [-0.39, 0.29) is 30.5 Å².